The molecule has 0 unspecified atom stereocenters. The van der Waals surface area contributed by atoms with Crippen LogP contribution in [0, 0.1) is 13.8 Å². The fraction of sp³-hybridized carbons (Fsp3) is 0.120. The molecule has 4 rings (SSSR count). The Morgan fingerprint density at radius 3 is 2.71 bits per heavy atom. The van der Waals surface area contributed by atoms with E-state index in [1.807, 2.05) is 62.4 Å². The van der Waals surface area contributed by atoms with Crippen LogP contribution in [0.1, 0.15) is 16.7 Å². The highest BCUT2D eigenvalue weighted by molar-refractivity contribution is 5.93. The number of nitrogens with zero attached hydrogens (tertiary/aromatic N) is 3. The van der Waals surface area contributed by atoms with Crippen LogP contribution in [0.3, 0.4) is 0 Å². The summed E-state index contributed by atoms with van der Waals surface area (Å²) in [5.41, 5.74) is 5.50. The lowest BCUT2D eigenvalue weighted by atomic mass is 10.0. The van der Waals surface area contributed by atoms with Gasteiger partial charge in [0.1, 0.15) is 5.82 Å². The molecule has 0 aliphatic carbocycles. The number of fused-ring (bicyclic) bond motifs is 1. The van der Waals surface area contributed by atoms with Gasteiger partial charge in [-0.15, -0.1) is 0 Å². The number of anilines is 4. The third-order valence-electron chi connectivity index (χ3n) is 4.97. The zero-order valence-electron chi connectivity index (χ0n) is 17.5. The number of rotatable bonds is 7. The van der Waals surface area contributed by atoms with Crippen LogP contribution >= 0.6 is 0 Å². The number of para-hydroxylation sites is 1. The quantitative estimate of drug-likeness (QED) is 0.396. The zero-order valence-corrected chi connectivity index (χ0v) is 17.5. The molecule has 0 saturated carbocycles. The molecule has 2 heterocycles. The van der Waals surface area contributed by atoms with Crippen molar-refractivity contribution in [2.24, 2.45) is 0 Å². The van der Waals surface area contributed by atoms with E-state index >= 15 is 0 Å². The van der Waals surface area contributed by atoms with Crippen molar-refractivity contribution in [2.45, 2.75) is 20.3 Å². The van der Waals surface area contributed by atoms with Crippen molar-refractivity contribution in [1.29, 1.82) is 0 Å². The molecule has 0 bridgehead atoms. The molecule has 0 aliphatic heterocycles. The minimum Gasteiger partial charge on any atom is -0.340 e. The molecule has 2 aromatic heterocycles. The van der Waals surface area contributed by atoms with Gasteiger partial charge in [-0.05, 0) is 43.7 Å². The Morgan fingerprint density at radius 2 is 1.87 bits per heavy atom. The summed E-state index contributed by atoms with van der Waals surface area (Å²) >= 11 is 0. The van der Waals surface area contributed by atoms with Gasteiger partial charge < -0.3 is 10.6 Å². The van der Waals surface area contributed by atoms with E-state index in [2.05, 4.69) is 32.2 Å². The van der Waals surface area contributed by atoms with Gasteiger partial charge >= 0.3 is 0 Å². The van der Waals surface area contributed by atoms with E-state index in [0.29, 0.717) is 11.8 Å². The van der Waals surface area contributed by atoms with Crippen molar-refractivity contribution in [3.63, 3.8) is 0 Å². The highest BCUT2D eigenvalue weighted by atomic mass is 16.1. The van der Waals surface area contributed by atoms with Crippen LogP contribution in [-0.4, -0.2) is 20.7 Å². The molecule has 0 atom stereocenters. The van der Waals surface area contributed by atoms with Gasteiger partial charge in [-0.1, -0.05) is 42.5 Å². The van der Waals surface area contributed by atoms with Crippen LogP contribution < -0.4 is 10.6 Å². The summed E-state index contributed by atoms with van der Waals surface area (Å²) < 4.78 is 0. The van der Waals surface area contributed by atoms with Crippen LogP contribution in [0.15, 0.2) is 73.6 Å². The monoisotopic (exact) mass is 409 g/mol. The first-order chi connectivity index (χ1) is 15.0. The average Bonchev–Trinajstić information content (AvgIpc) is 2.78. The molecule has 31 heavy (non-hydrogen) atoms. The third-order valence-corrected chi connectivity index (χ3v) is 4.97. The van der Waals surface area contributed by atoms with Crippen LogP contribution in [0.5, 0.6) is 0 Å². The van der Waals surface area contributed by atoms with E-state index in [-0.39, 0.29) is 12.2 Å². The number of aromatic nitrogens is 3. The number of nitrogens with one attached hydrogen (secondary N) is 2. The number of hydrogen-bond acceptors (Lipinski definition) is 6. The average molecular weight is 409 g/mol. The fourth-order valence-corrected chi connectivity index (χ4v) is 3.33. The Balaban J connectivity index is 1.65. The highest BCUT2D eigenvalue weighted by Crippen LogP contribution is 2.27. The first kappa shape index (κ1) is 20.2. The van der Waals surface area contributed by atoms with Gasteiger partial charge in [0, 0.05) is 35.5 Å². The smallest absolute Gasteiger partial charge is 0.229 e. The van der Waals surface area contributed by atoms with Gasteiger partial charge in [0.05, 0.1) is 11.2 Å². The number of pyridine rings is 1. The van der Waals surface area contributed by atoms with E-state index in [1.54, 1.807) is 12.4 Å². The number of allylic oxidation sites excluding steroid dienone is 1. The molecule has 6 nitrogen and oxygen atoms in total. The fourth-order valence-electron chi connectivity index (χ4n) is 3.33. The summed E-state index contributed by atoms with van der Waals surface area (Å²) in [6.07, 6.45) is 5.16. The van der Waals surface area contributed by atoms with Gasteiger partial charge in [-0.2, -0.15) is 4.98 Å². The number of benzene rings is 2. The lowest BCUT2D eigenvalue weighted by Gasteiger charge is -2.15. The second kappa shape index (κ2) is 8.75. The summed E-state index contributed by atoms with van der Waals surface area (Å²) in [4.78, 5) is 25.4. The standard InChI is InChI=1S/C25H23N5O/c1-4-19(31)14-18-13-16(2)9-10-21(18)28-24-17(3)15-27-25(30-24)29-23-11-12-26-22-8-6-5-7-20(22)23/h4-13,15H,1,14H2,2-3H3,(H2,26,27,28,29,30). The third kappa shape index (κ3) is 4.59. The summed E-state index contributed by atoms with van der Waals surface area (Å²) in [6.45, 7) is 7.52. The van der Waals surface area contributed by atoms with Crippen molar-refractivity contribution in [2.75, 3.05) is 10.6 Å². The SMILES string of the molecule is C=CC(=O)Cc1cc(C)ccc1Nc1nc(Nc2ccnc3ccccc23)ncc1C. The Morgan fingerprint density at radius 1 is 1.03 bits per heavy atom. The number of ketones is 1. The Labute approximate surface area is 181 Å². The molecule has 0 spiro atoms. The predicted octanol–water partition coefficient (Wildman–Crippen LogP) is 5.43. The first-order valence-electron chi connectivity index (χ1n) is 10.00. The van der Waals surface area contributed by atoms with Crippen LogP contribution in [0.4, 0.5) is 23.1 Å². The van der Waals surface area contributed by atoms with E-state index < -0.39 is 0 Å². The van der Waals surface area contributed by atoms with E-state index in [1.165, 1.54) is 6.08 Å². The zero-order chi connectivity index (χ0) is 21.8. The van der Waals surface area contributed by atoms with Crippen LogP contribution in [0.25, 0.3) is 10.9 Å². The molecule has 0 amide bonds. The van der Waals surface area contributed by atoms with Gasteiger partial charge in [-0.3, -0.25) is 9.78 Å². The number of hydrogen-bond donors (Lipinski definition) is 2. The molecule has 0 saturated heterocycles. The lowest BCUT2D eigenvalue weighted by molar-refractivity contribution is -0.114. The van der Waals surface area contributed by atoms with Crippen molar-refractivity contribution in [3.8, 4) is 0 Å². The summed E-state index contributed by atoms with van der Waals surface area (Å²) in [6, 6.07) is 15.8. The van der Waals surface area contributed by atoms with Crippen molar-refractivity contribution >= 4 is 39.8 Å². The molecular formula is C25H23N5O. The minimum absolute atomic E-state index is 0.0278. The van der Waals surface area contributed by atoms with E-state index in [4.69, 9.17) is 0 Å². The largest absolute Gasteiger partial charge is 0.340 e. The Kier molecular flexibility index (Phi) is 5.71. The first-order valence-corrected chi connectivity index (χ1v) is 10.00. The maximum Gasteiger partial charge on any atom is 0.229 e. The predicted molar refractivity (Wildman–Crippen MR) is 125 cm³/mol. The Bertz CT molecular complexity index is 1280. The maximum atomic E-state index is 11.9. The minimum atomic E-state index is -0.0278. The lowest BCUT2D eigenvalue weighted by Crippen LogP contribution is -2.06. The van der Waals surface area contributed by atoms with E-state index in [0.717, 1.165) is 39.0 Å². The normalized spacial score (nSPS) is 10.6. The van der Waals surface area contributed by atoms with Gasteiger partial charge in [-0.25, -0.2) is 4.98 Å². The second-order valence-electron chi connectivity index (χ2n) is 7.36. The molecule has 4 aromatic rings. The molecule has 0 radical (unpaired) electrons. The van der Waals surface area contributed by atoms with Crippen LogP contribution in [-0.2, 0) is 11.2 Å². The summed E-state index contributed by atoms with van der Waals surface area (Å²) in [5.74, 6) is 1.12. The molecule has 0 aliphatic rings. The molecule has 2 aromatic carbocycles. The van der Waals surface area contributed by atoms with Gasteiger partial charge in [0.25, 0.3) is 0 Å². The van der Waals surface area contributed by atoms with Crippen molar-refractivity contribution in [3.05, 3.63) is 90.3 Å². The van der Waals surface area contributed by atoms with Crippen LogP contribution in [0.2, 0.25) is 0 Å². The van der Waals surface area contributed by atoms with Crippen molar-refractivity contribution in [1.82, 2.24) is 15.0 Å². The van der Waals surface area contributed by atoms with Crippen molar-refractivity contribution < 1.29 is 4.79 Å². The molecule has 2 N–H and O–H groups in total. The number of aryl methyl sites for hydroxylation is 2. The Hall–Kier alpha value is -4.06. The van der Waals surface area contributed by atoms with E-state index in [9.17, 15) is 4.79 Å². The molecule has 6 heteroatoms. The second-order valence-corrected chi connectivity index (χ2v) is 7.36. The summed E-state index contributed by atoms with van der Waals surface area (Å²) in [7, 11) is 0. The molecular weight excluding hydrogens is 386 g/mol. The highest BCUT2D eigenvalue weighted by Gasteiger charge is 2.11. The maximum absolute atomic E-state index is 11.9. The van der Waals surface area contributed by atoms with Gasteiger partial charge in [0.15, 0.2) is 5.78 Å². The van der Waals surface area contributed by atoms with Gasteiger partial charge in [0.2, 0.25) is 5.95 Å². The summed E-state index contributed by atoms with van der Waals surface area (Å²) in [5, 5.41) is 7.66. The topological polar surface area (TPSA) is 79.8 Å². The number of carbonyl (C=O) groups excluding carboxylic acids is 1. The molecule has 154 valence electrons. The molecule has 0 fully saturated rings. The number of carbonyl (C=O) groups is 1.